The Labute approximate surface area is 130 Å². The standard InChI is InChI=1S/C19H19NO2/c1-19(2,22)15-9-7-13(8-10-15)17-11-14-5-3-4-6-16(14)18(12-21)20-17/h3-12,18,20,22H,1-2H3. The molecule has 22 heavy (non-hydrogen) atoms. The third-order valence-electron chi connectivity index (χ3n) is 3.98. The van der Waals surface area contributed by atoms with Gasteiger partial charge in [0, 0.05) is 5.70 Å². The minimum absolute atomic E-state index is 0.329. The van der Waals surface area contributed by atoms with E-state index in [1.54, 1.807) is 13.8 Å². The van der Waals surface area contributed by atoms with Gasteiger partial charge in [0.05, 0.1) is 5.60 Å². The fourth-order valence-electron chi connectivity index (χ4n) is 2.70. The van der Waals surface area contributed by atoms with Crippen molar-refractivity contribution in [1.82, 2.24) is 5.32 Å². The van der Waals surface area contributed by atoms with Gasteiger partial charge in [0.2, 0.25) is 0 Å². The summed E-state index contributed by atoms with van der Waals surface area (Å²) in [5.74, 6) is 0. The highest BCUT2D eigenvalue weighted by atomic mass is 16.3. The van der Waals surface area contributed by atoms with E-state index in [9.17, 15) is 9.90 Å². The highest BCUT2D eigenvalue weighted by molar-refractivity contribution is 5.87. The van der Waals surface area contributed by atoms with Crippen LogP contribution in [0.2, 0.25) is 0 Å². The topological polar surface area (TPSA) is 49.3 Å². The quantitative estimate of drug-likeness (QED) is 0.854. The Balaban J connectivity index is 1.99. The van der Waals surface area contributed by atoms with Crippen LogP contribution in [0.25, 0.3) is 11.8 Å². The molecular formula is C19H19NO2. The largest absolute Gasteiger partial charge is 0.386 e. The smallest absolute Gasteiger partial charge is 0.146 e. The number of aldehydes is 1. The Hall–Kier alpha value is -2.39. The summed E-state index contributed by atoms with van der Waals surface area (Å²) in [6.07, 6.45) is 2.98. The van der Waals surface area contributed by atoms with Crippen molar-refractivity contribution in [1.29, 1.82) is 0 Å². The molecule has 2 aromatic rings. The van der Waals surface area contributed by atoms with E-state index in [4.69, 9.17) is 0 Å². The molecule has 1 aliphatic rings. The van der Waals surface area contributed by atoms with Crippen LogP contribution < -0.4 is 5.32 Å². The molecule has 3 nitrogen and oxygen atoms in total. The summed E-state index contributed by atoms with van der Waals surface area (Å²) in [5.41, 5.74) is 3.96. The first-order chi connectivity index (χ1) is 10.5. The van der Waals surface area contributed by atoms with Gasteiger partial charge in [-0.25, -0.2) is 0 Å². The van der Waals surface area contributed by atoms with Gasteiger partial charge in [-0.15, -0.1) is 0 Å². The van der Waals surface area contributed by atoms with Gasteiger partial charge < -0.3 is 15.2 Å². The molecule has 1 unspecified atom stereocenters. The lowest BCUT2D eigenvalue weighted by Gasteiger charge is -2.25. The maximum Gasteiger partial charge on any atom is 0.146 e. The molecule has 0 saturated heterocycles. The summed E-state index contributed by atoms with van der Waals surface area (Å²) in [7, 11) is 0. The zero-order chi connectivity index (χ0) is 15.7. The molecule has 0 amide bonds. The van der Waals surface area contributed by atoms with Crippen molar-refractivity contribution in [2.75, 3.05) is 0 Å². The number of aliphatic hydroxyl groups is 1. The molecule has 1 heterocycles. The molecule has 0 bridgehead atoms. The lowest BCUT2D eigenvalue weighted by atomic mass is 9.93. The fourth-order valence-corrected chi connectivity index (χ4v) is 2.70. The Morgan fingerprint density at radius 2 is 1.77 bits per heavy atom. The molecule has 1 atom stereocenters. The molecule has 0 spiro atoms. The van der Waals surface area contributed by atoms with Crippen molar-refractivity contribution in [3.05, 3.63) is 70.8 Å². The molecule has 3 rings (SSSR count). The highest BCUT2D eigenvalue weighted by Crippen LogP contribution is 2.30. The van der Waals surface area contributed by atoms with Gasteiger partial charge in [-0.1, -0.05) is 48.5 Å². The number of carbonyl (C=O) groups is 1. The summed E-state index contributed by atoms with van der Waals surface area (Å²) in [5, 5.41) is 13.3. The SMILES string of the molecule is CC(C)(O)c1ccc(C2=Cc3ccccc3C(C=O)N2)cc1. The number of hydrogen-bond acceptors (Lipinski definition) is 3. The second-order valence-electron chi connectivity index (χ2n) is 6.08. The Morgan fingerprint density at radius 3 is 2.41 bits per heavy atom. The molecule has 0 aromatic heterocycles. The molecular weight excluding hydrogens is 274 g/mol. The summed E-state index contributed by atoms with van der Waals surface area (Å²) in [6.45, 7) is 3.53. The summed E-state index contributed by atoms with van der Waals surface area (Å²) in [6, 6.07) is 15.3. The van der Waals surface area contributed by atoms with E-state index in [-0.39, 0.29) is 6.04 Å². The van der Waals surface area contributed by atoms with E-state index in [2.05, 4.69) is 11.4 Å². The van der Waals surface area contributed by atoms with Gasteiger partial charge >= 0.3 is 0 Å². The van der Waals surface area contributed by atoms with Gasteiger partial charge in [-0.3, -0.25) is 0 Å². The second-order valence-corrected chi connectivity index (χ2v) is 6.08. The Morgan fingerprint density at radius 1 is 1.09 bits per heavy atom. The number of benzene rings is 2. The van der Waals surface area contributed by atoms with E-state index in [1.165, 1.54) is 0 Å². The van der Waals surface area contributed by atoms with Crippen LogP contribution in [0, 0.1) is 0 Å². The van der Waals surface area contributed by atoms with Crippen molar-refractivity contribution in [3.8, 4) is 0 Å². The van der Waals surface area contributed by atoms with Gasteiger partial charge in [-0.2, -0.15) is 0 Å². The predicted octanol–water partition coefficient (Wildman–Crippen LogP) is 3.26. The Bertz CT molecular complexity index is 724. The molecule has 0 fully saturated rings. The first-order valence-corrected chi connectivity index (χ1v) is 7.35. The number of carbonyl (C=O) groups excluding carboxylic acids is 1. The van der Waals surface area contributed by atoms with Gasteiger partial charge in [0.25, 0.3) is 0 Å². The van der Waals surface area contributed by atoms with Crippen molar-refractivity contribution in [2.24, 2.45) is 0 Å². The average Bonchev–Trinajstić information content (AvgIpc) is 2.53. The molecule has 112 valence electrons. The monoisotopic (exact) mass is 293 g/mol. The molecule has 0 aliphatic carbocycles. The van der Waals surface area contributed by atoms with Crippen molar-refractivity contribution < 1.29 is 9.90 Å². The van der Waals surface area contributed by atoms with Gasteiger partial charge in [-0.05, 0) is 42.2 Å². The number of fused-ring (bicyclic) bond motifs is 1. The van der Waals surface area contributed by atoms with Crippen LogP contribution in [0.3, 0.4) is 0 Å². The summed E-state index contributed by atoms with van der Waals surface area (Å²) < 4.78 is 0. The zero-order valence-electron chi connectivity index (χ0n) is 12.7. The molecule has 3 heteroatoms. The second kappa shape index (κ2) is 5.43. The van der Waals surface area contributed by atoms with Gasteiger partial charge in [0.1, 0.15) is 12.3 Å². The van der Waals surface area contributed by atoms with Crippen LogP contribution in [-0.2, 0) is 10.4 Å². The first kappa shape index (κ1) is 14.5. The molecule has 0 saturated carbocycles. The van der Waals surface area contributed by atoms with E-state index in [1.807, 2.05) is 48.5 Å². The molecule has 2 aromatic carbocycles. The third kappa shape index (κ3) is 2.68. The summed E-state index contributed by atoms with van der Waals surface area (Å²) >= 11 is 0. The maximum atomic E-state index is 11.4. The lowest BCUT2D eigenvalue weighted by Crippen LogP contribution is -2.25. The molecule has 0 radical (unpaired) electrons. The average molecular weight is 293 g/mol. The van der Waals surface area contributed by atoms with Crippen LogP contribution in [0.5, 0.6) is 0 Å². The Kier molecular flexibility index (Phi) is 3.59. The van der Waals surface area contributed by atoms with Crippen molar-refractivity contribution >= 4 is 18.1 Å². The van der Waals surface area contributed by atoms with Crippen LogP contribution >= 0.6 is 0 Å². The van der Waals surface area contributed by atoms with E-state index in [0.717, 1.165) is 34.2 Å². The summed E-state index contributed by atoms with van der Waals surface area (Å²) in [4.78, 5) is 11.4. The minimum Gasteiger partial charge on any atom is -0.386 e. The predicted molar refractivity (Wildman–Crippen MR) is 87.9 cm³/mol. The minimum atomic E-state index is -0.856. The molecule has 2 N–H and O–H groups in total. The van der Waals surface area contributed by atoms with Crippen LogP contribution in [0.15, 0.2) is 48.5 Å². The van der Waals surface area contributed by atoms with Crippen LogP contribution in [0.4, 0.5) is 0 Å². The normalized spacial score (nSPS) is 17.2. The van der Waals surface area contributed by atoms with E-state index < -0.39 is 5.60 Å². The number of nitrogens with one attached hydrogen (secondary N) is 1. The first-order valence-electron chi connectivity index (χ1n) is 7.35. The highest BCUT2D eigenvalue weighted by Gasteiger charge is 2.21. The maximum absolute atomic E-state index is 11.4. The zero-order valence-corrected chi connectivity index (χ0v) is 12.7. The van der Waals surface area contributed by atoms with Crippen LogP contribution in [-0.4, -0.2) is 11.4 Å². The van der Waals surface area contributed by atoms with Crippen molar-refractivity contribution in [3.63, 3.8) is 0 Å². The fraction of sp³-hybridized carbons (Fsp3) is 0.211. The number of rotatable bonds is 3. The number of hydrogen-bond donors (Lipinski definition) is 2. The van der Waals surface area contributed by atoms with E-state index in [0.29, 0.717) is 0 Å². The third-order valence-corrected chi connectivity index (χ3v) is 3.98. The lowest BCUT2D eigenvalue weighted by molar-refractivity contribution is -0.109. The van der Waals surface area contributed by atoms with E-state index >= 15 is 0 Å². The van der Waals surface area contributed by atoms with Crippen molar-refractivity contribution in [2.45, 2.75) is 25.5 Å². The van der Waals surface area contributed by atoms with Gasteiger partial charge in [0.15, 0.2) is 0 Å². The van der Waals surface area contributed by atoms with Crippen LogP contribution in [0.1, 0.15) is 42.1 Å². The molecule has 1 aliphatic heterocycles.